The van der Waals surface area contributed by atoms with Gasteiger partial charge < -0.3 is 10.4 Å². The second kappa shape index (κ2) is 7.02. The lowest BCUT2D eigenvalue weighted by Crippen LogP contribution is -2.51. The van der Waals surface area contributed by atoms with E-state index in [1.165, 1.54) is 12.1 Å². The maximum Gasteiger partial charge on any atom is 0.416 e. The van der Waals surface area contributed by atoms with E-state index < -0.39 is 29.2 Å². The molecule has 0 aromatic heterocycles. The summed E-state index contributed by atoms with van der Waals surface area (Å²) >= 11 is 0. The first-order valence-corrected chi connectivity index (χ1v) is 7.13. The first kappa shape index (κ1) is 19.0. The average molecular weight is 331 g/mol. The van der Waals surface area contributed by atoms with Crippen molar-refractivity contribution in [3.63, 3.8) is 0 Å². The Bertz CT molecular complexity index is 584. The van der Waals surface area contributed by atoms with Crippen molar-refractivity contribution in [3.8, 4) is 0 Å². The van der Waals surface area contributed by atoms with Crippen LogP contribution in [0, 0.1) is 5.92 Å². The Balaban J connectivity index is 2.85. The van der Waals surface area contributed by atoms with Crippen molar-refractivity contribution in [2.45, 2.75) is 45.3 Å². The van der Waals surface area contributed by atoms with Crippen LogP contribution < -0.4 is 5.32 Å². The van der Waals surface area contributed by atoms with Crippen molar-refractivity contribution in [2.75, 3.05) is 0 Å². The molecule has 1 rings (SSSR count). The lowest BCUT2D eigenvalue weighted by Gasteiger charge is -2.33. The van der Waals surface area contributed by atoms with Crippen LogP contribution in [0.5, 0.6) is 0 Å². The number of carbonyl (C=O) groups excluding carboxylic acids is 1. The van der Waals surface area contributed by atoms with Crippen LogP contribution in [0.2, 0.25) is 0 Å². The van der Waals surface area contributed by atoms with Gasteiger partial charge in [0, 0.05) is 5.54 Å². The number of carboxylic acid groups (broad SMARTS) is 1. The molecule has 1 atom stereocenters. The summed E-state index contributed by atoms with van der Waals surface area (Å²) in [5.41, 5.74) is -1.57. The number of rotatable bonds is 6. The van der Waals surface area contributed by atoms with Gasteiger partial charge in [-0.25, -0.2) is 0 Å². The van der Waals surface area contributed by atoms with Crippen LogP contribution in [0.4, 0.5) is 13.2 Å². The standard InChI is InChI=1S/C16H20F3NO3/c1-10(2)15(3,9-14(22)23)20-13(21)8-11-5-4-6-12(7-11)16(17,18)19/h4-7,10H,8-9H2,1-3H3,(H,20,21)(H,22,23). The van der Waals surface area contributed by atoms with E-state index in [4.69, 9.17) is 5.11 Å². The molecular weight excluding hydrogens is 311 g/mol. The lowest BCUT2D eigenvalue weighted by atomic mass is 9.85. The molecule has 0 aliphatic carbocycles. The van der Waals surface area contributed by atoms with E-state index in [1.54, 1.807) is 20.8 Å². The fourth-order valence-electron chi connectivity index (χ4n) is 2.11. The fraction of sp³-hybridized carbons (Fsp3) is 0.500. The summed E-state index contributed by atoms with van der Waals surface area (Å²) in [5, 5.41) is 11.6. The van der Waals surface area contributed by atoms with Crippen LogP contribution in [-0.2, 0) is 22.2 Å². The molecule has 0 radical (unpaired) electrons. The zero-order valence-electron chi connectivity index (χ0n) is 13.2. The minimum Gasteiger partial charge on any atom is -0.481 e. The molecule has 128 valence electrons. The minimum absolute atomic E-state index is 0.149. The third kappa shape index (κ3) is 5.58. The number of benzene rings is 1. The third-order valence-corrected chi connectivity index (χ3v) is 3.84. The summed E-state index contributed by atoms with van der Waals surface area (Å²) in [6.07, 6.45) is -4.98. The summed E-state index contributed by atoms with van der Waals surface area (Å²) < 4.78 is 38.0. The molecule has 2 N–H and O–H groups in total. The summed E-state index contributed by atoms with van der Waals surface area (Å²) in [6.45, 7) is 5.15. The Morgan fingerprint density at radius 2 is 1.87 bits per heavy atom. The second-order valence-corrected chi connectivity index (χ2v) is 6.07. The average Bonchev–Trinajstić information content (AvgIpc) is 2.36. The van der Waals surface area contributed by atoms with Crippen molar-refractivity contribution in [1.29, 1.82) is 0 Å². The molecule has 0 heterocycles. The number of carbonyl (C=O) groups is 2. The molecule has 0 aliphatic heterocycles. The molecule has 0 aliphatic rings. The molecule has 0 fully saturated rings. The predicted molar refractivity (Wildman–Crippen MR) is 78.8 cm³/mol. The number of amides is 1. The highest BCUT2D eigenvalue weighted by Crippen LogP contribution is 2.29. The molecule has 1 aromatic rings. The van der Waals surface area contributed by atoms with Crippen LogP contribution in [0.25, 0.3) is 0 Å². The highest BCUT2D eigenvalue weighted by molar-refractivity contribution is 5.80. The molecule has 0 spiro atoms. The van der Waals surface area contributed by atoms with Gasteiger partial charge in [0.25, 0.3) is 0 Å². The number of hydrogen-bond acceptors (Lipinski definition) is 2. The quantitative estimate of drug-likeness (QED) is 0.841. The summed E-state index contributed by atoms with van der Waals surface area (Å²) in [4.78, 5) is 23.0. The van der Waals surface area contributed by atoms with Crippen LogP contribution in [-0.4, -0.2) is 22.5 Å². The van der Waals surface area contributed by atoms with Gasteiger partial charge in [-0.15, -0.1) is 0 Å². The Labute approximate surface area is 132 Å². The summed E-state index contributed by atoms with van der Waals surface area (Å²) in [5.74, 6) is -1.72. The topological polar surface area (TPSA) is 66.4 Å². The Morgan fingerprint density at radius 3 is 2.35 bits per heavy atom. The van der Waals surface area contributed by atoms with E-state index in [0.717, 1.165) is 12.1 Å². The molecule has 0 saturated carbocycles. The minimum atomic E-state index is -4.47. The van der Waals surface area contributed by atoms with E-state index in [0.29, 0.717) is 0 Å². The van der Waals surface area contributed by atoms with Crippen LogP contribution in [0.15, 0.2) is 24.3 Å². The van der Waals surface area contributed by atoms with Gasteiger partial charge in [-0.05, 0) is 24.5 Å². The lowest BCUT2D eigenvalue weighted by molar-refractivity contribution is -0.140. The highest BCUT2D eigenvalue weighted by Gasteiger charge is 2.33. The van der Waals surface area contributed by atoms with Crippen molar-refractivity contribution < 1.29 is 27.9 Å². The van der Waals surface area contributed by atoms with Gasteiger partial charge in [0.1, 0.15) is 0 Å². The smallest absolute Gasteiger partial charge is 0.416 e. The van der Waals surface area contributed by atoms with Crippen molar-refractivity contribution in [1.82, 2.24) is 5.32 Å². The van der Waals surface area contributed by atoms with Gasteiger partial charge in [-0.3, -0.25) is 9.59 Å². The number of carboxylic acids is 1. The van der Waals surface area contributed by atoms with Gasteiger partial charge in [-0.1, -0.05) is 32.0 Å². The molecule has 23 heavy (non-hydrogen) atoms. The second-order valence-electron chi connectivity index (χ2n) is 6.07. The molecule has 0 bridgehead atoms. The van der Waals surface area contributed by atoms with Crippen LogP contribution in [0.3, 0.4) is 0 Å². The Hall–Kier alpha value is -2.05. The van der Waals surface area contributed by atoms with E-state index in [-0.39, 0.29) is 24.3 Å². The van der Waals surface area contributed by atoms with Crippen molar-refractivity contribution in [3.05, 3.63) is 35.4 Å². The van der Waals surface area contributed by atoms with Gasteiger partial charge >= 0.3 is 12.1 Å². The van der Waals surface area contributed by atoms with Gasteiger partial charge in [-0.2, -0.15) is 13.2 Å². The van der Waals surface area contributed by atoms with Crippen molar-refractivity contribution >= 4 is 11.9 Å². The van der Waals surface area contributed by atoms with Crippen LogP contribution in [0.1, 0.15) is 38.3 Å². The molecule has 0 saturated heterocycles. The molecule has 1 unspecified atom stereocenters. The van der Waals surface area contributed by atoms with Crippen molar-refractivity contribution in [2.24, 2.45) is 5.92 Å². The number of hydrogen-bond donors (Lipinski definition) is 2. The third-order valence-electron chi connectivity index (χ3n) is 3.84. The number of halogens is 3. The molecule has 7 heteroatoms. The van der Waals surface area contributed by atoms with E-state index >= 15 is 0 Å². The number of alkyl halides is 3. The van der Waals surface area contributed by atoms with E-state index in [1.807, 2.05) is 0 Å². The molecule has 1 amide bonds. The Morgan fingerprint density at radius 1 is 1.26 bits per heavy atom. The fourth-order valence-corrected chi connectivity index (χ4v) is 2.11. The predicted octanol–water partition coefficient (Wildman–Crippen LogP) is 3.25. The first-order chi connectivity index (χ1) is 10.4. The van der Waals surface area contributed by atoms with Crippen LogP contribution >= 0.6 is 0 Å². The SMILES string of the molecule is CC(C)C(C)(CC(=O)O)NC(=O)Cc1cccc(C(F)(F)F)c1. The normalized spacial score (nSPS) is 14.4. The molecular formula is C16H20F3NO3. The van der Waals surface area contributed by atoms with E-state index in [9.17, 15) is 22.8 Å². The summed E-state index contributed by atoms with van der Waals surface area (Å²) in [6, 6.07) is 4.52. The van der Waals surface area contributed by atoms with Gasteiger partial charge in [0.15, 0.2) is 0 Å². The van der Waals surface area contributed by atoms with Gasteiger partial charge in [0.05, 0.1) is 18.4 Å². The maximum atomic E-state index is 12.7. The highest BCUT2D eigenvalue weighted by atomic mass is 19.4. The zero-order chi connectivity index (χ0) is 17.8. The van der Waals surface area contributed by atoms with Gasteiger partial charge in [0.2, 0.25) is 5.91 Å². The zero-order valence-corrected chi connectivity index (χ0v) is 13.2. The molecule has 4 nitrogen and oxygen atoms in total. The largest absolute Gasteiger partial charge is 0.481 e. The monoisotopic (exact) mass is 331 g/mol. The number of nitrogens with one attached hydrogen (secondary N) is 1. The van der Waals surface area contributed by atoms with E-state index in [2.05, 4.69) is 5.32 Å². The maximum absolute atomic E-state index is 12.7. The first-order valence-electron chi connectivity index (χ1n) is 7.13. The number of aliphatic carboxylic acids is 1. The summed E-state index contributed by atoms with van der Waals surface area (Å²) in [7, 11) is 0. The molecule has 1 aromatic carbocycles. The Kier molecular flexibility index (Phi) is 5.80.